The molecule has 1 heterocycles. The molecule has 0 saturated heterocycles. The number of carbonyl (C=O) groups excluding carboxylic acids is 2. The lowest BCUT2D eigenvalue weighted by Crippen LogP contribution is -2.49. The van der Waals surface area contributed by atoms with Gasteiger partial charge in [-0.25, -0.2) is 0 Å². The number of carbonyl (C=O) groups is 2. The van der Waals surface area contributed by atoms with Crippen LogP contribution < -0.4 is 4.74 Å². The van der Waals surface area contributed by atoms with Crippen LogP contribution in [0.25, 0.3) is 0 Å². The van der Waals surface area contributed by atoms with Crippen LogP contribution in [0.15, 0.2) is 36.4 Å². The number of fused-ring (bicyclic) bond motifs is 1. The molecule has 3 rings (SSSR count). The fourth-order valence-electron chi connectivity index (χ4n) is 3.00. The summed E-state index contributed by atoms with van der Waals surface area (Å²) in [6.07, 6.45) is -3.20. The fraction of sp³-hybridized carbons (Fsp3) is 0.222. The quantitative estimate of drug-likeness (QED) is 0.158. The van der Waals surface area contributed by atoms with Gasteiger partial charge in [0.15, 0.2) is 12.4 Å². The number of aliphatic hydroxyl groups is 1. The second-order valence-electron chi connectivity index (χ2n) is 6.15. The Kier molecular flexibility index (Phi) is 4.94. The van der Waals surface area contributed by atoms with Crippen molar-refractivity contribution >= 4 is 35.3 Å². The zero-order chi connectivity index (χ0) is 19.9. The van der Waals surface area contributed by atoms with Crippen LogP contribution >= 0.6 is 23.2 Å². The summed E-state index contributed by atoms with van der Waals surface area (Å²) in [5.41, 5.74) is 0.894. The first-order valence-electron chi connectivity index (χ1n) is 7.77. The van der Waals surface area contributed by atoms with E-state index < -0.39 is 27.9 Å². The van der Waals surface area contributed by atoms with Crippen molar-refractivity contribution in [1.29, 1.82) is 0 Å². The smallest absolute Gasteiger partial charge is 0.364 e. The van der Waals surface area contributed by atoms with Gasteiger partial charge < -0.3 is 9.84 Å². The zero-order valence-corrected chi connectivity index (χ0v) is 15.4. The number of aryl methyl sites for hydroxylation is 1. The number of Topliss-reactive ketones (excluding diaryl/α,β-unsaturated/α-hetero) is 1. The lowest BCUT2D eigenvalue weighted by molar-refractivity contribution is -0.570. The summed E-state index contributed by atoms with van der Waals surface area (Å²) in [6, 6.07) is 8.98. The summed E-state index contributed by atoms with van der Waals surface area (Å²) in [5, 5.41) is 22.5. The van der Waals surface area contributed by atoms with Gasteiger partial charge in [-0.3, -0.25) is 19.7 Å². The van der Waals surface area contributed by atoms with Crippen LogP contribution in [-0.4, -0.2) is 27.1 Å². The predicted octanol–water partition coefficient (Wildman–Crippen LogP) is 3.41. The molecule has 0 spiro atoms. The number of ether oxygens (including phenoxy) is 1. The Hall–Kier alpha value is -2.48. The van der Waals surface area contributed by atoms with E-state index in [1.54, 1.807) is 24.3 Å². The van der Waals surface area contributed by atoms with Gasteiger partial charge in [0.25, 0.3) is 0 Å². The van der Waals surface area contributed by atoms with Gasteiger partial charge in [-0.1, -0.05) is 41.4 Å². The minimum atomic E-state index is -2.46. The van der Waals surface area contributed by atoms with E-state index in [1.165, 1.54) is 12.1 Å². The highest BCUT2D eigenvalue weighted by molar-refractivity contribution is 6.36. The van der Waals surface area contributed by atoms with Crippen molar-refractivity contribution in [3.8, 4) is 5.75 Å². The Morgan fingerprint density at radius 1 is 1.33 bits per heavy atom. The molecule has 1 aliphatic heterocycles. The molecule has 9 heteroatoms. The van der Waals surface area contributed by atoms with E-state index in [-0.39, 0.29) is 28.2 Å². The van der Waals surface area contributed by atoms with Gasteiger partial charge >= 0.3 is 5.00 Å². The topological polar surface area (TPSA) is 107 Å². The zero-order valence-electron chi connectivity index (χ0n) is 13.9. The molecule has 140 valence electrons. The molecule has 3 atom stereocenters. The van der Waals surface area contributed by atoms with Gasteiger partial charge in [0.2, 0.25) is 11.9 Å². The number of aliphatic hydroxyl groups excluding tert-OH is 1. The van der Waals surface area contributed by atoms with Gasteiger partial charge in [-0.15, -0.1) is 0 Å². The van der Waals surface area contributed by atoms with Crippen LogP contribution in [0.2, 0.25) is 5.02 Å². The maximum Gasteiger partial charge on any atom is 0.364 e. The summed E-state index contributed by atoms with van der Waals surface area (Å²) in [5.74, 6) is -1.10. The third-order valence-corrected chi connectivity index (χ3v) is 5.16. The molecule has 0 amide bonds. The highest BCUT2D eigenvalue weighted by atomic mass is 35.5. The largest absolute Gasteiger partial charge is 0.475 e. The molecular weight excluding hydrogens is 397 g/mol. The second kappa shape index (κ2) is 6.92. The van der Waals surface area contributed by atoms with E-state index in [0.717, 1.165) is 5.56 Å². The minimum absolute atomic E-state index is 0.00208. The van der Waals surface area contributed by atoms with E-state index in [1.807, 2.05) is 6.92 Å². The minimum Gasteiger partial charge on any atom is -0.475 e. The van der Waals surface area contributed by atoms with Gasteiger partial charge in [-0.05, 0) is 30.7 Å². The number of nitrogens with zero attached hydrogens (tertiary/aromatic N) is 1. The van der Waals surface area contributed by atoms with Crippen molar-refractivity contribution in [2.24, 2.45) is 0 Å². The molecule has 27 heavy (non-hydrogen) atoms. The number of benzene rings is 2. The van der Waals surface area contributed by atoms with Crippen LogP contribution in [0.5, 0.6) is 5.75 Å². The molecule has 0 radical (unpaired) electrons. The van der Waals surface area contributed by atoms with Crippen molar-refractivity contribution in [2.75, 3.05) is 0 Å². The number of ketones is 1. The van der Waals surface area contributed by atoms with Crippen molar-refractivity contribution in [2.45, 2.75) is 24.1 Å². The summed E-state index contributed by atoms with van der Waals surface area (Å²) < 4.78 is 5.74. The van der Waals surface area contributed by atoms with E-state index in [9.17, 15) is 24.8 Å². The summed E-state index contributed by atoms with van der Waals surface area (Å²) in [4.78, 5) is 31.4. The molecule has 0 aromatic heterocycles. The lowest BCUT2D eigenvalue weighted by Gasteiger charge is -2.38. The van der Waals surface area contributed by atoms with E-state index in [4.69, 9.17) is 27.9 Å². The molecule has 0 aliphatic carbocycles. The Labute approximate surface area is 163 Å². The summed E-state index contributed by atoms with van der Waals surface area (Å²) in [7, 11) is 0. The van der Waals surface area contributed by atoms with Crippen LogP contribution in [0.3, 0.4) is 0 Å². The van der Waals surface area contributed by atoms with E-state index in [0.29, 0.717) is 5.56 Å². The number of rotatable bonds is 4. The van der Waals surface area contributed by atoms with Gasteiger partial charge in [0.05, 0.1) is 10.5 Å². The number of alkyl halides is 1. The molecule has 0 unspecified atom stereocenters. The average molecular weight is 410 g/mol. The molecule has 1 aliphatic rings. The third-order valence-electron chi connectivity index (χ3n) is 4.40. The fourth-order valence-corrected chi connectivity index (χ4v) is 3.51. The average Bonchev–Trinajstić information content (AvgIpc) is 2.64. The number of halogens is 2. The van der Waals surface area contributed by atoms with E-state index >= 15 is 0 Å². The molecule has 2 aromatic carbocycles. The van der Waals surface area contributed by atoms with Crippen molar-refractivity contribution in [3.63, 3.8) is 0 Å². The first kappa shape index (κ1) is 19.3. The van der Waals surface area contributed by atoms with Crippen LogP contribution in [0.1, 0.15) is 39.3 Å². The van der Waals surface area contributed by atoms with Crippen molar-refractivity contribution < 1.29 is 24.4 Å². The number of aldehydes is 1. The third kappa shape index (κ3) is 3.07. The Morgan fingerprint density at radius 2 is 1.96 bits per heavy atom. The Morgan fingerprint density at radius 3 is 2.52 bits per heavy atom. The van der Waals surface area contributed by atoms with Crippen LogP contribution in [0.4, 0.5) is 0 Å². The molecule has 1 N–H and O–H groups in total. The first-order valence-corrected chi connectivity index (χ1v) is 8.53. The first-order chi connectivity index (χ1) is 12.7. The molecule has 0 bridgehead atoms. The second-order valence-corrected chi connectivity index (χ2v) is 7.19. The molecule has 0 fully saturated rings. The van der Waals surface area contributed by atoms with Crippen molar-refractivity contribution in [3.05, 3.63) is 73.8 Å². The summed E-state index contributed by atoms with van der Waals surface area (Å²) >= 11 is 12.2. The van der Waals surface area contributed by atoms with Crippen LogP contribution in [-0.2, 0) is 4.79 Å². The van der Waals surface area contributed by atoms with Gasteiger partial charge in [0, 0.05) is 16.1 Å². The SMILES string of the molecule is Cc1ccc([C@@H]2Oc3c(C(=O)C=O)cc(Cl)cc3[C@H](O)[C@@]2(Cl)[N+](=O)[O-])cc1. The standard InChI is InChI=1S/C18H13Cl2NO6/c1-9-2-4-10(5-3-9)17-18(20,21(25)26)16(24)13-7-11(19)6-12(14(23)8-22)15(13)27-17/h2-8,16-17,24H,1H3/t16-,17-,18+/m0/s1. The Bertz CT molecular complexity index is 946. The number of hydrogen-bond donors (Lipinski definition) is 1. The predicted molar refractivity (Wildman–Crippen MR) is 96.9 cm³/mol. The van der Waals surface area contributed by atoms with Gasteiger partial charge in [-0.2, -0.15) is 0 Å². The highest BCUT2D eigenvalue weighted by Gasteiger charge is 2.62. The van der Waals surface area contributed by atoms with E-state index in [2.05, 4.69) is 0 Å². The molecule has 2 aromatic rings. The maximum absolute atomic E-state index is 12.0. The maximum atomic E-state index is 12.0. The summed E-state index contributed by atoms with van der Waals surface area (Å²) in [6.45, 7) is 1.83. The van der Waals surface area contributed by atoms with Gasteiger partial charge in [0.1, 0.15) is 5.75 Å². The monoisotopic (exact) mass is 409 g/mol. The highest BCUT2D eigenvalue weighted by Crippen LogP contribution is 2.53. The normalized spacial score (nSPS) is 23.9. The molecular formula is C18H13Cl2NO6. The lowest BCUT2D eigenvalue weighted by atomic mass is 9.87. The molecule has 0 saturated carbocycles. The molecule has 7 nitrogen and oxygen atoms in total. The van der Waals surface area contributed by atoms with Crippen LogP contribution in [0, 0.1) is 17.0 Å². The van der Waals surface area contributed by atoms with Crippen molar-refractivity contribution in [1.82, 2.24) is 0 Å². The Balaban J connectivity index is 2.26. The number of nitro groups is 1. The number of hydrogen-bond acceptors (Lipinski definition) is 6.